The molecule has 0 fully saturated rings. The first-order valence-corrected chi connectivity index (χ1v) is 7.17. The molecule has 2 aromatic rings. The Kier molecular flexibility index (Phi) is 3.71. The number of rotatable bonds is 2. The van der Waals surface area contributed by atoms with E-state index < -0.39 is 0 Å². The predicted octanol–water partition coefficient (Wildman–Crippen LogP) is 4.06. The second-order valence-electron chi connectivity index (χ2n) is 4.08. The highest BCUT2D eigenvalue weighted by molar-refractivity contribution is 7.98. The highest BCUT2D eigenvalue weighted by Gasteiger charge is 2.16. The van der Waals surface area contributed by atoms with E-state index in [9.17, 15) is 0 Å². The second-order valence-corrected chi connectivity index (χ2v) is 5.33. The second kappa shape index (κ2) is 5.64. The highest BCUT2D eigenvalue weighted by atomic mass is 35.5. The molecule has 0 bridgehead atoms. The summed E-state index contributed by atoms with van der Waals surface area (Å²) >= 11 is 7.61. The van der Waals surface area contributed by atoms with Crippen LogP contribution in [-0.2, 0) is 0 Å². The zero-order valence-corrected chi connectivity index (χ0v) is 12.3. The van der Waals surface area contributed by atoms with Gasteiger partial charge in [0.15, 0.2) is 0 Å². The van der Waals surface area contributed by atoms with Gasteiger partial charge in [-0.15, -0.1) is 0 Å². The number of aliphatic imine (C=N–C) groups is 1. The van der Waals surface area contributed by atoms with Crippen LogP contribution in [0.1, 0.15) is 0 Å². The number of anilines is 1. The molecule has 2 aromatic carbocycles. The van der Waals surface area contributed by atoms with Crippen LogP contribution in [-0.4, -0.2) is 13.1 Å². The van der Waals surface area contributed by atoms with Crippen molar-refractivity contribution in [1.29, 1.82) is 0 Å². The fourth-order valence-electron chi connectivity index (χ4n) is 1.84. The molecular weight excluding hydrogens is 294 g/mol. The first kappa shape index (κ1) is 13.1. The van der Waals surface area contributed by atoms with Crippen molar-refractivity contribution in [2.75, 3.05) is 12.4 Å². The van der Waals surface area contributed by atoms with Gasteiger partial charge in [-0.05, 0) is 36.2 Å². The Hall–Kier alpha value is -1.85. The monoisotopic (exact) mass is 305 g/mol. The molecule has 0 amide bonds. The third-order valence-corrected chi connectivity index (χ3v) is 3.96. The van der Waals surface area contributed by atoms with Crippen LogP contribution < -0.4 is 14.8 Å². The van der Waals surface area contributed by atoms with Gasteiger partial charge in [0.05, 0.1) is 22.7 Å². The molecule has 20 heavy (non-hydrogen) atoms. The molecule has 0 spiro atoms. The van der Waals surface area contributed by atoms with E-state index >= 15 is 0 Å². The lowest BCUT2D eigenvalue weighted by molar-refractivity contribution is 0.415. The number of hydrogen-bond donors (Lipinski definition) is 2. The quantitative estimate of drug-likeness (QED) is 0.821. The van der Waals surface area contributed by atoms with Gasteiger partial charge in [-0.2, -0.15) is 0 Å². The summed E-state index contributed by atoms with van der Waals surface area (Å²) in [6.45, 7) is 0. The zero-order valence-electron chi connectivity index (χ0n) is 10.7. The molecule has 1 aliphatic heterocycles. The minimum absolute atomic E-state index is 0.625. The SMILES string of the molecule is COc1cccc2c1N=C(Nc1ccccc1Cl)NS2. The van der Waals surface area contributed by atoms with Gasteiger partial charge in [0, 0.05) is 0 Å². The maximum atomic E-state index is 6.13. The summed E-state index contributed by atoms with van der Waals surface area (Å²) in [6, 6.07) is 13.3. The summed E-state index contributed by atoms with van der Waals surface area (Å²) in [5.74, 6) is 1.37. The van der Waals surface area contributed by atoms with Gasteiger partial charge >= 0.3 is 0 Å². The maximum Gasteiger partial charge on any atom is 0.211 e. The average Bonchev–Trinajstić information content (AvgIpc) is 2.49. The molecule has 0 aliphatic carbocycles. The first-order chi connectivity index (χ1) is 9.78. The fraction of sp³-hybridized carbons (Fsp3) is 0.0714. The van der Waals surface area contributed by atoms with Crippen LogP contribution in [0.4, 0.5) is 11.4 Å². The van der Waals surface area contributed by atoms with Crippen molar-refractivity contribution in [3.05, 3.63) is 47.5 Å². The van der Waals surface area contributed by atoms with E-state index in [1.165, 1.54) is 11.9 Å². The van der Waals surface area contributed by atoms with Gasteiger partial charge in [-0.25, -0.2) is 4.99 Å². The molecule has 4 nitrogen and oxygen atoms in total. The minimum atomic E-state index is 0.625. The molecular formula is C14H12ClN3OS. The van der Waals surface area contributed by atoms with Crippen LogP contribution in [0.25, 0.3) is 0 Å². The first-order valence-electron chi connectivity index (χ1n) is 5.98. The molecule has 1 aliphatic rings. The average molecular weight is 306 g/mol. The molecule has 3 rings (SSSR count). The van der Waals surface area contributed by atoms with E-state index in [0.29, 0.717) is 11.0 Å². The van der Waals surface area contributed by atoms with E-state index in [1.807, 2.05) is 42.5 Å². The minimum Gasteiger partial charge on any atom is -0.494 e. The summed E-state index contributed by atoms with van der Waals surface area (Å²) in [4.78, 5) is 5.56. The summed E-state index contributed by atoms with van der Waals surface area (Å²) in [7, 11) is 1.64. The van der Waals surface area contributed by atoms with Crippen molar-refractivity contribution >= 4 is 40.9 Å². The van der Waals surface area contributed by atoms with Crippen molar-refractivity contribution in [1.82, 2.24) is 4.72 Å². The topological polar surface area (TPSA) is 45.6 Å². The standard InChI is InChI=1S/C14H12ClN3OS/c1-19-11-7-4-8-12-13(11)17-14(18-20-12)16-10-6-3-2-5-9(10)15/h2-8H,1H3,(H2,16,17,18). The van der Waals surface area contributed by atoms with E-state index in [-0.39, 0.29) is 0 Å². The van der Waals surface area contributed by atoms with Crippen molar-refractivity contribution < 1.29 is 4.74 Å². The Labute approximate surface area is 126 Å². The zero-order chi connectivity index (χ0) is 13.9. The Morgan fingerprint density at radius 3 is 2.85 bits per heavy atom. The molecule has 0 aromatic heterocycles. The van der Waals surface area contributed by atoms with E-state index in [0.717, 1.165) is 22.0 Å². The number of methoxy groups -OCH3 is 1. The molecule has 0 saturated carbocycles. The number of nitrogens with zero attached hydrogens (tertiary/aromatic N) is 1. The van der Waals surface area contributed by atoms with Crippen LogP contribution in [0, 0.1) is 0 Å². The lowest BCUT2D eigenvalue weighted by Gasteiger charge is -2.19. The molecule has 0 saturated heterocycles. The van der Waals surface area contributed by atoms with E-state index in [2.05, 4.69) is 15.0 Å². The lowest BCUT2D eigenvalue weighted by atomic mass is 10.3. The van der Waals surface area contributed by atoms with Crippen molar-refractivity contribution in [3.8, 4) is 5.75 Å². The Bertz CT molecular complexity index is 675. The number of ether oxygens (including phenoxy) is 1. The third-order valence-electron chi connectivity index (χ3n) is 2.79. The molecule has 0 atom stereocenters. The number of fused-ring (bicyclic) bond motifs is 1. The Morgan fingerprint density at radius 2 is 2.05 bits per heavy atom. The molecule has 6 heteroatoms. The fourth-order valence-corrected chi connectivity index (χ4v) is 2.72. The summed E-state index contributed by atoms with van der Waals surface area (Å²) in [6.07, 6.45) is 0. The highest BCUT2D eigenvalue weighted by Crippen LogP contribution is 2.39. The van der Waals surface area contributed by atoms with Crippen molar-refractivity contribution in [2.45, 2.75) is 4.90 Å². The predicted molar refractivity (Wildman–Crippen MR) is 84.2 cm³/mol. The third kappa shape index (κ3) is 2.55. The van der Waals surface area contributed by atoms with Crippen LogP contribution in [0.5, 0.6) is 5.75 Å². The molecule has 102 valence electrons. The van der Waals surface area contributed by atoms with Gasteiger partial charge in [-0.3, -0.25) is 4.72 Å². The number of nitrogens with one attached hydrogen (secondary N) is 2. The molecule has 2 N–H and O–H groups in total. The molecule has 1 heterocycles. The number of para-hydroxylation sites is 2. The smallest absolute Gasteiger partial charge is 0.211 e. The van der Waals surface area contributed by atoms with Gasteiger partial charge in [-0.1, -0.05) is 29.8 Å². The van der Waals surface area contributed by atoms with Gasteiger partial charge < -0.3 is 10.1 Å². The number of guanidine groups is 1. The van der Waals surface area contributed by atoms with Gasteiger partial charge in [0.2, 0.25) is 5.96 Å². The summed E-state index contributed by atoms with van der Waals surface area (Å²) < 4.78 is 8.48. The lowest BCUT2D eigenvalue weighted by Crippen LogP contribution is -2.27. The van der Waals surface area contributed by atoms with Crippen LogP contribution in [0.15, 0.2) is 52.4 Å². The van der Waals surface area contributed by atoms with E-state index in [4.69, 9.17) is 16.3 Å². The molecule has 0 unspecified atom stereocenters. The van der Waals surface area contributed by atoms with Gasteiger partial charge in [0.1, 0.15) is 11.4 Å². The number of halogens is 1. The van der Waals surface area contributed by atoms with Crippen LogP contribution in [0.2, 0.25) is 5.02 Å². The van der Waals surface area contributed by atoms with Crippen LogP contribution in [0.3, 0.4) is 0 Å². The normalized spacial score (nSPS) is 13.0. The maximum absolute atomic E-state index is 6.13. The largest absolute Gasteiger partial charge is 0.494 e. The summed E-state index contributed by atoms with van der Waals surface area (Å²) in [5.41, 5.74) is 1.62. The number of benzene rings is 2. The van der Waals surface area contributed by atoms with E-state index in [1.54, 1.807) is 7.11 Å². The molecule has 0 radical (unpaired) electrons. The van der Waals surface area contributed by atoms with Crippen LogP contribution >= 0.6 is 23.5 Å². The van der Waals surface area contributed by atoms with Crippen molar-refractivity contribution in [2.24, 2.45) is 4.99 Å². The van der Waals surface area contributed by atoms with Gasteiger partial charge in [0.25, 0.3) is 0 Å². The summed E-state index contributed by atoms with van der Waals surface area (Å²) in [5, 5.41) is 3.82. The number of hydrogen-bond acceptors (Lipinski definition) is 5. The Morgan fingerprint density at radius 1 is 1.20 bits per heavy atom. The van der Waals surface area contributed by atoms with Crippen molar-refractivity contribution in [3.63, 3.8) is 0 Å². The Balaban J connectivity index is 1.93.